The first-order chi connectivity index (χ1) is 14.8. The molecule has 0 aliphatic carbocycles. The molecule has 0 spiro atoms. The first-order valence-electron chi connectivity index (χ1n) is 10.2. The summed E-state index contributed by atoms with van der Waals surface area (Å²) in [4.78, 5) is 23.7. The van der Waals surface area contributed by atoms with E-state index in [0.29, 0.717) is 0 Å². The Balaban J connectivity index is 1.65. The van der Waals surface area contributed by atoms with Gasteiger partial charge in [-0.2, -0.15) is 0 Å². The van der Waals surface area contributed by atoms with Crippen molar-refractivity contribution in [3.63, 3.8) is 0 Å². The maximum absolute atomic E-state index is 4.97. The van der Waals surface area contributed by atoms with Crippen LogP contribution in [-0.4, -0.2) is 33.0 Å². The maximum Gasteiger partial charge on any atom is 0.178 e. The van der Waals surface area contributed by atoms with Crippen LogP contribution in [0.5, 0.6) is 0 Å². The number of fused-ring (bicyclic) bond motifs is 2. The van der Waals surface area contributed by atoms with Crippen molar-refractivity contribution in [2.75, 3.05) is 22.9 Å². The molecule has 0 unspecified atom stereocenters. The van der Waals surface area contributed by atoms with Crippen LogP contribution in [0.1, 0.15) is 13.8 Å². The third-order valence-electron chi connectivity index (χ3n) is 5.27. The van der Waals surface area contributed by atoms with Gasteiger partial charge in [0.05, 0.1) is 23.8 Å². The zero-order valence-corrected chi connectivity index (χ0v) is 17.0. The first-order valence-corrected chi connectivity index (χ1v) is 10.2. The van der Waals surface area contributed by atoms with Crippen molar-refractivity contribution in [1.82, 2.24) is 19.9 Å². The zero-order valence-electron chi connectivity index (χ0n) is 17.0. The predicted octanol–water partition coefficient (Wildman–Crippen LogP) is 5.23. The Hall–Kier alpha value is -3.80. The molecule has 148 valence electrons. The Morgan fingerprint density at radius 3 is 1.33 bits per heavy atom. The number of aromatic nitrogens is 4. The van der Waals surface area contributed by atoms with Crippen LogP contribution in [0.15, 0.2) is 73.1 Å². The highest BCUT2D eigenvalue weighted by molar-refractivity contribution is 5.87. The molecule has 0 amide bonds. The minimum Gasteiger partial charge on any atom is -0.305 e. The van der Waals surface area contributed by atoms with Gasteiger partial charge in [0.15, 0.2) is 23.3 Å². The summed E-state index contributed by atoms with van der Waals surface area (Å²) < 4.78 is 0. The monoisotopic (exact) mass is 394 g/mol. The third-order valence-corrected chi connectivity index (χ3v) is 5.27. The summed E-state index contributed by atoms with van der Waals surface area (Å²) in [5, 5.41) is 0. The van der Waals surface area contributed by atoms with Crippen molar-refractivity contribution >= 4 is 23.3 Å². The van der Waals surface area contributed by atoms with Crippen LogP contribution in [-0.2, 0) is 0 Å². The maximum atomic E-state index is 4.97. The number of nitrogens with zero attached hydrogens (tertiary/aromatic N) is 6. The molecule has 0 saturated carbocycles. The molecule has 0 atom stereocenters. The summed E-state index contributed by atoms with van der Waals surface area (Å²) in [6.45, 7) is 5.64. The molecule has 1 aliphatic rings. The molecular weight excluding hydrogens is 372 g/mol. The van der Waals surface area contributed by atoms with E-state index in [1.807, 2.05) is 73.1 Å². The average molecular weight is 394 g/mol. The van der Waals surface area contributed by atoms with Gasteiger partial charge in [-0.3, -0.25) is 0 Å². The third kappa shape index (κ3) is 2.97. The summed E-state index contributed by atoms with van der Waals surface area (Å²) in [6.07, 6.45) is 3.67. The van der Waals surface area contributed by atoms with Crippen molar-refractivity contribution < 1.29 is 0 Å². The number of rotatable bonds is 4. The summed E-state index contributed by atoms with van der Waals surface area (Å²) in [5.74, 6) is 3.25. The van der Waals surface area contributed by atoms with Gasteiger partial charge >= 0.3 is 0 Å². The fourth-order valence-corrected chi connectivity index (χ4v) is 3.78. The van der Waals surface area contributed by atoms with Gasteiger partial charge in [0.25, 0.3) is 0 Å². The fraction of sp³-hybridized carbons (Fsp3) is 0.167. The second-order valence-corrected chi connectivity index (χ2v) is 7.03. The topological polar surface area (TPSA) is 58.0 Å². The van der Waals surface area contributed by atoms with Crippen molar-refractivity contribution in [2.45, 2.75) is 13.8 Å². The molecule has 6 nitrogen and oxygen atoms in total. The molecule has 6 heteroatoms. The van der Waals surface area contributed by atoms with Crippen LogP contribution in [0.4, 0.5) is 23.3 Å². The van der Waals surface area contributed by atoms with Crippen molar-refractivity contribution in [2.24, 2.45) is 0 Å². The molecule has 3 heterocycles. The summed E-state index contributed by atoms with van der Waals surface area (Å²) in [5.41, 5.74) is 3.79. The highest BCUT2D eigenvalue weighted by atomic mass is 15.4. The quantitative estimate of drug-likeness (QED) is 0.472. The Morgan fingerprint density at radius 1 is 0.567 bits per heavy atom. The number of hydrogen-bond acceptors (Lipinski definition) is 6. The number of anilines is 4. The van der Waals surface area contributed by atoms with Gasteiger partial charge in [0.2, 0.25) is 0 Å². The zero-order chi connectivity index (χ0) is 20.5. The van der Waals surface area contributed by atoms with Gasteiger partial charge in [-0.1, -0.05) is 60.7 Å². The van der Waals surface area contributed by atoms with Crippen molar-refractivity contribution in [1.29, 1.82) is 0 Å². The van der Waals surface area contributed by atoms with Gasteiger partial charge in [0.1, 0.15) is 0 Å². The van der Waals surface area contributed by atoms with Crippen LogP contribution in [0.3, 0.4) is 0 Å². The molecule has 2 aromatic carbocycles. The highest BCUT2D eigenvalue weighted by Gasteiger charge is 2.32. The van der Waals surface area contributed by atoms with Gasteiger partial charge in [-0.05, 0) is 13.8 Å². The predicted molar refractivity (Wildman–Crippen MR) is 120 cm³/mol. The Labute approximate surface area is 175 Å². The first kappa shape index (κ1) is 18.2. The number of benzene rings is 2. The molecule has 4 aromatic rings. The Kier molecular flexibility index (Phi) is 4.59. The van der Waals surface area contributed by atoms with Crippen LogP contribution in [0.25, 0.3) is 22.5 Å². The van der Waals surface area contributed by atoms with Crippen LogP contribution < -0.4 is 9.80 Å². The lowest BCUT2D eigenvalue weighted by atomic mass is 10.1. The van der Waals surface area contributed by atoms with Gasteiger partial charge in [0, 0.05) is 24.2 Å². The lowest BCUT2D eigenvalue weighted by Gasteiger charge is -2.35. The van der Waals surface area contributed by atoms with Crippen molar-refractivity contribution in [3.05, 3.63) is 73.1 Å². The van der Waals surface area contributed by atoms with E-state index < -0.39 is 0 Å². The van der Waals surface area contributed by atoms with E-state index in [9.17, 15) is 0 Å². The SMILES string of the molecule is CCN1c2ncc(-c3ccccc3)nc2N(CC)c2ncc(-c3ccccc3)nc21. The molecule has 0 saturated heterocycles. The van der Waals surface area contributed by atoms with Crippen molar-refractivity contribution in [3.8, 4) is 22.5 Å². The molecule has 0 bridgehead atoms. The second-order valence-electron chi connectivity index (χ2n) is 7.03. The standard InChI is InChI=1S/C24H22N6/c1-3-29-21-24(28-20(15-25-21)18-13-9-6-10-14-18)30(4-2)22-23(29)27-19(16-26-22)17-11-7-5-8-12-17/h5-16H,3-4H2,1-2H3. The van der Waals surface area contributed by atoms with E-state index in [1.165, 1.54) is 0 Å². The molecule has 1 aliphatic heterocycles. The fourth-order valence-electron chi connectivity index (χ4n) is 3.78. The minimum absolute atomic E-state index is 0.726. The normalized spacial score (nSPS) is 12.5. The molecule has 0 fully saturated rings. The van der Waals surface area contributed by atoms with Crippen LogP contribution in [0, 0.1) is 0 Å². The van der Waals surface area contributed by atoms with Gasteiger partial charge < -0.3 is 9.80 Å². The summed E-state index contributed by atoms with van der Waals surface area (Å²) >= 11 is 0. The Bertz CT molecular complexity index is 1080. The molecule has 0 N–H and O–H groups in total. The van der Waals surface area contributed by atoms with E-state index in [1.54, 1.807) is 0 Å². The molecule has 0 radical (unpaired) electrons. The molecule has 2 aromatic heterocycles. The molecule has 5 rings (SSSR count). The van der Waals surface area contributed by atoms with Gasteiger partial charge in [-0.25, -0.2) is 19.9 Å². The minimum atomic E-state index is 0.726. The van der Waals surface area contributed by atoms with E-state index in [4.69, 9.17) is 19.9 Å². The molecule has 30 heavy (non-hydrogen) atoms. The van der Waals surface area contributed by atoms with E-state index in [-0.39, 0.29) is 0 Å². The highest BCUT2D eigenvalue weighted by Crippen LogP contribution is 2.44. The second kappa shape index (κ2) is 7.55. The lowest BCUT2D eigenvalue weighted by molar-refractivity contribution is 0.862. The average Bonchev–Trinajstić information content (AvgIpc) is 2.83. The van der Waals surface area contributed by atoms with Crippen LogP contribution >= 0.6 is 0 Å². The Morgan fingerprint density at radius 2 is 0.967 bits per heavy atom. The van der Waals surface area contributed by atoms with Crippen LogP contribution in [0.2, 0.25) is 0 Å². The smallest absolute Gasteiger partial charge is 0.178 e. The van der Waals surface area contributed by atoms with Gasteiger partial charge in [-0.15, -0.1) is 0 Å². The largest absolute Gasteiger partial charge is 0.305 e. The summed E-state index contributed by atoms with van der Waals surface area (Å²) in [7, 11) is 0. The van der Waals surface area contributed by atoms with E-state index in [0.717, 1.165) is 58.9 Å². The van der Waals surface area contributed by atoms with E-state index >= 15 is 0 Å². The number of hydrogen-bond donors (Lipinski definition) is 0. The lowest BCUT2D eigenvalue weighted by Crippen LogP contribution is -2.32. The summed E-state index contributed by atoms with van der Waals surface area (Å²) in [6, 6.07) is 20.2. The molecular formula is C24H22N6. The van der Waals surface area contributed by atoms with E-state index in [2.05, 4.69) is 23.6 Å².